The van der Waals surface area contributed by atoms with Gasteiger partial charge in [0.1, 0.15) is 5.69 Å². The van der Waals surface area contributed by atoms with Gasteiger partial charge in [-0.25, -0.2) is 8.42 Å². The number of nitrogens with zero attached hydrogens (tertiary/aromatic N) is 3. The van der Waals surface area contributed by atoms with Crippen LogP contribution in [0.25, 0.3) is 0 Å². The van der Waals surface area contributed by atoms with Gasteiger partial charge in [-0.3, -0.25) is 10.1 Å². The number of nitro benzene ring substituents is 1. The highest BCUT2D eigenvalue weighted by molar-refractivity contribution is 7.89. The molecule has 0 fully saturated rings. The third-order valence-electron chi connectivity index (χ3n) is 3.07. The van der Waals surface area contributed by atoms with Gasteiger partial charge >= 0.3 is 0 Å². The maximum Gasteiger partial charge on any atom is 0.293 e. The summed E-state index contributed by atoms with van der Waals surface area (Å²) in [7, 11) is 1.32. The molecule has 0 aliphatic heterocycles. The predicted molar refractivity (Wildman–Crippen MR) is 80.6 cm³/mol. The van der Waals surface area contributed by atoms with Gasteiger partial charge in [-0.1, -0.05) is 0 Å². The average molecular weight is 316 g/mol. The van der Waals surface area contributed by atoms with E-state index in [9.17, 15) is 18.5 Å². The van der Waals surface area contributed by atoms with E-state index in [4.69, 9.17) is 5.73 Å². The van der Waals surface area contributed by atoms with Crippen LogP contribution in [0, 0.1) is 17.0 Å². The van der Waals surface area contributed by atoms with E-state index in [0.717, 1.165) is 6.07 Å². The molecule has 2 N–H and O–H groups in total. The highest BCUT2D eigenvalue weighted by atomic mass is 32.2. The second-order valence-corrected chi connectivity index (χ2v) is 7.08. The van der Waals surface area contributed by atoms with Crippen molar-refractivity contribution in [2.24, 2.45) is 0 Å². The van der Waals surface area contributed by atoms with Crippen LogP contribution >= 0.6 is 0 Å². The van der Waals surface area contributed by atoms with Gasteiger partial charge in [-0.15, -0.1) is 0 Å². The number of hydrogen-bond donors (Lipinski definition) is 1. The van der Waals surface area contributed by atoms with Gasteiger partial charge in [0.15, 0.2) is 0 Å². The van der Waals surface area contributed by atoms with Crippen LogP contribution in [-0.2, 0) is 10.0 Å². The Kier molecular flexibility index (Phi) is 5.26. The van der Waals surface area contributed by atoms with Crippen LogP contribution in [0.2, 0.25) is 0 Å². The zero-order valence-corrected chi connectivity index (χ0v) is 13.3. The van der Waals surface area contributed by atoms with Crippen molar-refractivity contribution >= 4 is 21.4 Å². The Morgan fingerprint density at radius 1 is 1.24 bits per heavy atom. The van der Waals surface area contributed by atoms with Crippen LogP contribution < -0.4 is 5.73 Å². The summed E-state index contributed by atoms with van der Waals surface area (Å²) in [6, 6.07) is 2.33. The molecule has 1 aromatic rings. The van der Waals surface area contributed by atoms with Crippen LogP contribution in [0.1, 0.15) is 5.56 Å². The Balaban J connectivity index is 3.25. The molecular weight excluding hydrogens is 296 g/mol. The fourth-order valence-electron chi connectivity index (χ4n) is 1.76. The number of nitrogen functional groups attached to an aromatic ring is 1. The van der Waals surface area contributed by atoms with Gasteiger partial charge < -0.3 is 10.6 Å². The maximum atomic E-state index is 12.5. The lowest BCUT2D eigenvalue weighted by atomic mass is 10.2. The smallest absolute Gasteiger partial charge is 0.293 e. The summed E-state index contributed by atoms with van der Waals surface area (Å²) in [6.07, 6.45) is 0. The number of nitro groups is 1. The van der Waals surface area contributed by atoms with Gasteiger partial charge in [0, 0.05) is 26.2 Å². The van der Waals surface area contributed by atoms with E-state index in [-0.39, 0.29) is 17.1 Å². The Labute approximate surface area is 124 Å². The minimum atomic E-state index is -3.79. The number of benzene rings is 1. The molecule has 9 heteroatoms. The van der Waals surface area contributed by atoms with Gasteiger partial charge in [0.05, 0.1) is 9.82 Å². The molecule has 0 aliphatic carbocycles. The first kappa shape index (κ1) is 17.3. The van der Waals surface area contributed by atoms with E-state index in [1.54, 1.807) is 6.92 Å². The Morgan fingerprint density at radius 3 is 2.29 bits per heavy atom. The van der Waals surface area contributed by atoms with E-state index in [2.05, 4.69) is 0 Å². The molecule has 0 radical (unpaired) electrons. The minimum Gasteiger partial charge on any atom is -0.393 e. The number of rotatable bonds is 6. The normalized spacial score (nSPS) is 12.1. The zero-order chi connectivity index (χ0) is 16.4. The first-order chi connectivity index (χ1) is 9.57. The Morgan fingerprint density at radius 2 is 1.81 bits per heavy atom. The summed E-state index contributed by atoms with van der Waals surface area (Å²) < 4.78 is 26.2. The second kappa shape index (κ2) is 6.37. The summed E-state index contributed by atoms with van der Waals surface area (Å²) in [5, 5.41) is 10.9. The molecule has 0 heterocycles. The van der Waals surface area contributed by atoms with Gasteiger partial charge in [-0.2, -0.15) is 4.31 Å². The molecule has 1 rings (SSSR count). The fourth-order valence-corrected chi connectivity index (χ4v) is 3.15. The molecule has 0 bridgehead atoms. The number of likely N-dealkylation sites (N-methyl/N-ethyl adjacent to an activating group) is 2. The van der Waals surface area contributed by atoms with Crippen LogP contribution in [0.5, 0.6) is 0 Å². The standard InChI is InChI=1S/C12H20N4O4S/c1-9-7-10(13)11(16(17)18)8-12(9)21(19,20)15(4)6-5-14(2)3/h7-8H,5-6,13H2,1-4H3. The van der Waals surface area contributed by atoms with Crippen molar-refractivity contribution in [2.45, 2.75) is 11.8 Å². The van der Waals surface area contributed by atoms with Crippen molar-refractivity contribution in [3.63, 3.8) is 0 Å². The number of nitrogens with two attached hydrogens (primary N) is 1. The lowest BCUT2D eigenvalue weighted by Gasteiger charge is -2.20. The van der Waals surface area contributed by atoms with Crippen molar-refractivity contribution in [3.8, 4) is 0 Å². The van der Waals surface area contributed by atoms with Gasteiger partial charge in [-0.05, 0) is 32.6 Å². The van der Waals surface area contributed by atoms with E-state index >= 15 is 0 Å². The third kappa shape index (κ3) is 3.90. The highest BCUT2D eigenvalue weighted by Gasteiger charge is 2.26. The number of aryl methyl sites for hydroxylation is 1. The van der Waals surface area contributed by atoms with Gasteiger partial charge in [0.2, 0.25) is 10.0 Å². The van der Waals surface area contributed by atoms with E-state index in [1.807, 2.05) is 19.0 Å². The van der Waals surface area contributed by atoms with Crippen molar-refractivity contribution in [2.75, 3.05) is 40.0 Å². The summed E-state index contributed by atoms with van der Waals surface area (Å²) in [5.41, 5.74) is 5.48. The number of sulfonamides is 1. The van der Waals surface area contributed by atoms with E-state index in [0.29, 0.717) is 12.1 Å². The van der Waals surface area contributed by atoms with Gasteiger partial charge in [0.25, 0.3) is 5.69 Å². The Bertz CT molecular complexity index is 643. The second-order valence-electron chi connectivity index (χ2n) is 5.06. The summed E-state index contributed by atoms with van der Waals surface area (Å²) in [4.78, 5) is 12.0. The van der Waals surface area contributed by atoms with Crippen molar-refractivity contribution < 1.29 is 13.3 Å². The number of hydrogen-bond acceptors (Lipinski definition) is 6. The predicted octanol–water partition coefficient (Wildman–Crippen LogP) is 0.668. The van der Waals surface area contributed by atoms with Crippen molar-refractivity contribution in [3.05, 3.63) is 27.8 Å². The highest BCUT2D eigenvalue weighted by Crippen LogP contribution is 2.29. The SMILES string of the molecule is Cc1cc(N)c([N+](=O)[O-])cc1S(=O)(=O)N(C)CCN(C)C. The molecule has 21 heavy (non-hydrogen) atoms. The molecule has 8 nitrogen and oxygen atoms in total. The van der Waals surface area contributed by atoms with Crippen molar-refractivity contribution in [1.29, 1.82) is 0 Å². The summed E-state index contributed by atoms with van der Waals surface area (Å²) >= 11 is 0. The maximum absolute atomic E-state index is 12.5. The van der Waals surface area contributed by atoms with Crippen molar-refractivity contribution in [1.82, 2.24) is 9.21 Å². The zero-order valence-electron chi connectivity index (χ0n) is 12.5. The lowest BCUT2D eigenvalue weighted by molar-refractivity contribution is -0.384. The monoisotopic (exact) mass is 316 g/mol. The summed E-state index contributed by atoms with van der Waals surface area (Å²) in [6.45, 7) is 2.39. The molecule has 0 spiro atoms. The summed E-state index contributed by atoms with van der Waals surface area (Å²) in [5.74, 6) is 0. The Hall–Kier alpha value is -1.71. The molecule has 0 unspecified atom stereocenters. The van der Waals surface area contributed by atoms with E-state index < -0.39 is 20.6 Å². The molecule has 118 valence electrons. The molecule has 0 saturated heterocycles. The molecule has 0 atom stereocenters. The third-order valence-corrected chi connectivity index (χ3v) is 5.07. The van der Waals surface area contributed by atoms with Crippen LogP contribution in [0.3, 0.4) is 0 Å². The lowest BCUT2D eigenvalue weighted by Crippen LogP contribution is -2.33. The molecule has 0 amide bonds. The quantitative estimate of drug-likeness (QED) is 0.469. The molecule has 0 aromatic heterocycles. The fraction of sp³-hybridized carbons (Fsp3) is 0.500. The molecule has 1 aromatic carbocycles. The minimum absolute atomic E-state index is 0.0487. The van der Waals surface area contributed by atoms with Crippen LogP contribution in [-0.4, -0.2) is 56.8 Å². The first-order valence-corrected chi connectivity index (χ1v) is 7.67. The molecule has 0 saturated carbocycles. The molecular formula is C12H20N4O4S. The van der Waals surface area contributed by atoms with Crippen LogP contribution in [0.4, 0.5) is 11.4 Å². The first-order valence-electron chi connectivity index (χ1n) is 6.23. The van der Waals surface area contributed by atoms with E-state index in [1.165, 1.54) is 17.4 Å². The number of anilines is 1. The largest absolute Gasteiger partial charge is 0.393 e. The topological polar surface area (TPSA) is 110 Å². The van der Waals surface area contributed by atoms with Crippen LogP contribution in [0.15, 0.2) is 17.0 Å². The average Bonchev–Trinajstić information content (AvgIpc) is 2.34. The molecule has 0 aliphatic rings.